The van der Waals surface area contributed by atoms with Crippen molar-refractivity contribution in [1.29, 1.82) is 0 Å². The highest BCUT2D eigenvalue weighted by Gasteiger charge is 2.24. The van der Waals surface area contributed by atoms with E-state index in [0.29, 0.717) is 40.6 Å². The molecule has 2 fully saturated rings. The summed E-state index contributed by atoms with van der Waals surface area (Å²) in [5.74, 6) is 0.339. The van der Waals surface area contributed by atoms with Crippen LogP contribution in [-0.4, -0.2) is 26.5 Å². The van der Waals surface area contributed by atoms with Crippen molar-refractivity contribution < 1.29 is 9.18 Å². The first-order chi connectivity index (χ1) is 13.6. The molecule has 0 bridgehead atoms. The maximum Gasteiger partial charge on any atom is 0.251 e. The van der Waals surface area contributed by atoms with Crippen molar-refractivity contribution >= 4 is 23.4 Å². The number of hydrogen-bond acceptors (Lipinski definition) is 4. The first kappa shape index (κ1) is 16.7. The standard InChI is InChI=1S/C21H18FN5O/c1-12-7-14(21(28)24-12)8-15-11-23-27-19(25-17-5-6-17)10-18(26-20(15)27)13-3-2-4-16(22)9-13/h2-4,8-11,17,25H,1,5-7H2,(H,24,28)/b14-8+. The SMILES string of the molecule is C=C1C/C(=C\c2cnn3c(NC4CC4)cc(-c4cccc(F)c4)nc23)C(=O)N1. The number of rotatable bonds is 4. The molecule has 3 aromatic rings. The van der Waals surface area contributed by atoms with Crippen molar-refractivity contribution in [2.24, 2.45) is 0 Å². The molecule has 3 heterocycles. The Kier molecular flexibility index (Phi) is 3.75. The third-order valence-electron chi connectivity index (χ3n) is 4.86. The quantitative estimate of drug-likeness (QED) is 0.685. The van der Waals surface area contributed by atoms with Crippen LogP contribution in [0.1, 0.15) is 24.8 Å². The van der Waals surface area contributed by atoms with E-state index in [4.69, 9.17) is 4.98 Å². The van der Waals surface area contributed by atoms with Crippen molar-refractivity contribution in [2.45, 2.75) is 25.3 Å². The number of halogens is 1. The largest absolute Gasteiger partial charge is 0.367 e. The number of carbonyl (C=O) groups is 1. The number of nitrogens with zero attached hydrogens (tertiary/aromatic N) is 3. The molecule has 1 aromatic carbocycles. The van der Waals surface area contributed by atoms with Crippen LogP contribution in [0.3, 0.4) is 0 Å². The molecule has 0 atom stereocenters. The maximum atomic E-state index is 13.7. The normalized spacial score (nSPS) is 18.1. The number of carbonyl (C=O) groups excluding carboxylic acids is 1. The van der Waals surface area contributed by atoms with Gasteiger partial charge >= 0.3 is 0 Å². The van der Waals surface area contributed by atoms with E-state index in [1.165, 1.54) is 12.1 Å². The number of nitrogens with one attached hydrogen (secondary N) is 2. The Morgan fingerprint density at radius 2 is 2.18 bits per heavy atom. The number of hydrogen-bond donors (Lipinski definition) is 2. The average Bonchev–Trinajstić information content (AvgIpc) is 3.30. The summed E-state index contributed by atoms with van der Waals surface area (Å²) in [4.78, 5) is 16.8. The molecule has 2 aromatic heterocycles. The molecule has 1 saturated carbocycles. The molecular weight excluding hydrogens is 357 g/mol. The molecule has 0 radical (unpaired) electrons. The van der Waals surface area contributed by atoms with Crippen LogP contribution in [0.5, 0.6) is 0 Å². The van der Waals surface area contributed by atoms with Crippen LogP contribution in [0.15, 0.2) is 54.4 Å². The Labute approximate surface area is 160 Å². The van der Waals surface area contributed by atoms with Gasteiger partial charge in [0.25, 0.3) is 5.91 Å². The van der Waals surface area contributed by atoms with Crippen molar-refractivity contribution in [3.05, 3.63) is 65.8 Å². The van der Waals surface area contributed by atoms with Gasteiger partial charge in [-0.3, -0.25) is 4.79 Å². The van der Waals surface area contributed by atoms with Crippen molar-refractivity contribution in [3.63, 3.8) is 0 Å². The Morgan fingerprint density at radius 1 is 1.32 bits per heavy atom. The summed E-state index contributed by atoms with van der Waals surface area (Å²) in [6, 6.07) is 8.66. The van der Waals surface area contributed by atoms with E-state index < -0.39 is 0 Å². The Hall–Kier alpha value is -3.48. The second-order valence-corrected chi connectivity index (χ2v) is 7.19. The lowest BCUT2D eigenvalue weighted by Crippen LogP contribution is -2.12. The first-order valence-corrected chi connectivity index (χ1v) is 9.18. The van der Waals surface area contributed by atoms with Gasteiger partial charge in [0.2, 0.25) is 0 Å². The third-order valence-corrected chi connectivity index (χ3v) is 4.86. The summed E-state index contributed by atoms with van der Waals surface area (Å²) >= 11 is 0. The Bertz CT molecular complexity index is 1160. The summed E-state index contributed by atoms with van der Waals surface area (Å²) in [6.45, 7) is 3.81. The third kappa shape index (κ3) is 3.05. The summed E-state index contributed by atoms with van der Waals surface area (Å²) in [5, 5.41) is 10.6. The van der Waals surface area contributed by atoms with Gasteiger partial charge in [-0.2, -0.15) is 9.61 Å². The van der Waals surface area contributed by atoms with Gasteiger partial charge in [0.15, 0.2) is 5.65 Å². The van der Waals surface area contributed by atoms with E-state index >= 15 is 0 Å². The number of fused-ring (bicyclic) bond motifs is 1. The first-order valence-electron chi connectivity index (χ1n) is 9.18. The number of anilines is 1. The molecule has 5 rings (SSSR count). The van der Waals surface area contributed by atoms with Gasteiger partial charge in [0.1, 0.15) is 11.6 Å². The highest BCUT2D eigenvalue weighted by molar-refractivity contribution is 6.02. The lowest BCUT2D eigenvalue weighted by Gasteiger charge is -2.10. The molecular formula is C21H18FN5O. The predicted octanol–water partition coefficient (Wildman–Crippen LogP) is 3.53. The summed E-state index contributed by atoms with van der Waals surface area (Å²) in [6.07, 6.45) is 6.18. The average molecular weight is 375 g/mol. The highest BCUT2D eigenvalue weighted by atomic mass is 19.1. The fourth-order valence-electron chi connectivity index (χ4n) is 3.32. The maximum absolute atomic E-state index is 13.7. The number of amides is 1. The molecule has 1 saturated heterocycles. The summed E-state index contributed by atoms with van der Waals surface area (Å²) < 4.78 is 15.5. The van der Waals surface area contributed by atoms with Crippen LogP contribution in [0.25, 0.3) is 23.0 Å². The van der Waals surface area contributed by atoms with Gasteiger partial charge in [-0.05, 0) is 31.1 Å². The summed E-state index contributed by atoms with van der Waals surface area (Å²) in [5.41, 5.74) is 3.98. The fraction of sp³-hybridized carbons (Fsp3) is 0.190. The van der Waals surface area contributed by atoms with Crippen LogP contribution < -0.4 is 10.6 Å². The van der Waals surface area contributed by atoms with Crippen LogP contribution in [-0.2, 0) is 4.79 Å². The minimum atomic E-state index is -0.312. The van der Waals surface area contributed by atoms with Crippen molar-refractivity contribution in [2.75, 3.05) is 5.32 Å². The van der Waals surface area contributed by atoms with E-state index in [1.807, 2.05) is 12.1 Å². The van der Waals surface area contributed by atoms with Crippen molar-refractivity contribution in [3.8, 4) is 11.3 Å². The molecule has 2 N–H and O–H groups in total. The van der Waals surface area contributed by atoms with Crippen molar-refractivity contribution in [1.82, 2.24) is 19.9 Å². The fourth-order valence-corrected chi connectivity index (χ4v) is 3.32. The zero-order valence-electron chi connectivity index (χ0n) is 15.1. The summed E-state index contributed by atoms with van der Waals surface area (Å²) in [7, 11) is 0. The smallest absolute Gasteiger partial charge is 0.251 e. The highest BCUT2D eigenvalue weighted by Crippen LogP contribution is 2.30. The molecule has 6 nitrogen and oxygen atoms in total. The van der Waals surface area contributed by atoms with E-state index in [9.17, 15) is 9.18 Å². The van der Waals surface area contributed by atoms with E-state index in [-0.39, 0.29) is 11.7 Å². The van der Waals surface area contributed by atoms with Crippen LogP contribution in [0.2, 0.25) is 0 Å². The van der Waals surface area contributed by atoms with Gasteiger partial charge in [0.05, 0.1) is 11.9 Å². The van der Waals surface area contributed by atoms with Crippen LogP contribution in [0, 0.1) is 5.82 Å². The molecule has 1 amide bonds. The van der Waals surface area contributed by atoms with E-state index in [0.717, 1.165) is 24.2 Å². The molecule has 7 heteroatoms. The second kappa shape index (κ2) is 6.30. The van der Waals surface area contributed by atoms with E-state index in [1.54, 1.807) is 22.9 Å². The molecule has 2 aliphatic rings. The van der Waals surface area contributed by atoms with Gasteiger partial charge in [-0.15, -0.1) is 0 Å². The van der Waals surface area contributed by atoms with Gasteiger partial charge in [-0.1, -0.05) is 18.7 Å². The number of aromatic nitrogens is 3. The van der Waals surface area contributed by atoms with Crippen LogP contribution in [0.4, 0.5) is 10.2 Å². The van der Waals surface area contributed by atoms with Gasteiger partial charge < -0.3 is 10.6 Å². The Morgan fingerprint density at radius 3 is 2.89 bits per heavy atom. The lowest BCUT2D eigenvalue weighted by molar-refractivity contribution is -0.115. The zero-order valence-corrected chi connectivity index (χ0v) is 15.1. The molecule has 1 aliphatic heterocycles. The molecule has 0 spiro atoms. The second-order valence-electron chi connectivity index (χ2n) is 7.19. The monoisotopic (exact) mass is 375 g/mol. The minimum absolute atomic E-state index is 0.151. The van der Waals surface area contributed by atoms with Gasteiger partial charge in [0, 0.05) is 40.9 Å². The van der Waals surface area contributed by atoms with Crippen LogP contribution >= 0.6 is 0 Å². The number of allylic oxidation sites excluding steroid dienone is 1. The van der Waals surface area contributed by atoms with Gasteiger partial charge in [-0.25, -0.2) is 9.37 Å². The predicted molar refractivity (Wildman–Crippen MR) is 105 cm³/mol. The molecule has 140 valence electrons. The molecule has 0 unspecified atom stereocenters. The van der Waals surface area contributed by atoms with E-state index in [2.05, 4.69) is 22.3 Å². The molecule has 1 aliphatic carbocycles. The Balaban J connectivity index is 1.66. The molecule has 28 heavy (non-hydrogen) atoms. The lowest BCUT2D eigenvalue weighted by atomic mass is 10.1. The minimum Gasteiger partial charge on any atom is -0.367 e. The zero-order chi connectivity index (χ0) is 19.3. The number of benzene rings is 1. The topological polar surface area (TPSA) is 71.3 Å².